The van der Waals surface area contributed by atoms with Crippen molar-refractivity contribution in [3.05, 3.63) is 39.7 Å². The van der Waals surface area contributed by atoms with Crippen molar-refractivity contribution in [2.24, 2.45) is 0 Å². The number of anilines is 1. The van der Waals surface area contributed by atoms with Crippen LogP contribution in [-0.4, -0.2) is 17.0 Å². The van der Waals surface area contributed by atoms with Crippen LogP contribution in [0.5, 0.6) is 0 Å². The van der Waals surface area contributed by atoms with Crippen LogP contribution >= 0.6 is 0 Å². The zero-order valence-corrected chi connectivity index (χ0v) is 10.3. The number of hydrogen-bond donors (Lipinski definition) is 2. The molecule has 0 aliphatic carbocycles. The van der Waals surface area contributed by atoms with E-state index in [1.165, 1.54) is 6.07 Å². The van der Waals surface area contributed by atoms with E-state index in [1.807, 2.05) is 0 Å². The van der Waals surface area contributed by atoms with Gasteiger partial charge in [0.1, 0.15) is 11.3 Å². The lowest BCUT2D eigenvalue weighted by molar-refractivity contribution is -0.147. The first kappa shape index (κ1) is 12.8. The molecule has 0 saturated heterocycles. The number of amides is 1. The highest BCUT2D eigenvalue weighted by Crippen LogP contribution is 2.22. The molecule has 0 saturated carbocycles. The van der Waals surface area contributed by atoms with E-state index in [2.05, 4.69) is 5.32 Å². The minimum absolute atomic E-state index is 0.127. The van der Waals surface area contributed by atoms with Gasteiger partial charge in [-0.05, 0) is 26.0 Å². The van der Waals surface area contributed by atoms with Crippen molar-refractivity contribution in [2.75, 3.05) is 5.32 Å². The molecule has 1 amide bonds. The van der Waals surface area contributed by atoms with Gasteiger partial charge in [-0.15, -0.1) is 0 Å². The summed E-state index contributed by atoms with van der Waals surface area (Å²) in [5.41, 5.74) is 0.558. The van der Waals surface area contributed by atoms with Gasteiger partial charge in [0.2, 0.25) is 0 Å². The fraction of sp³-hybridized carbons (Fsp3) is 0.154. The Hall–Kier alpha value is -2.63. The molecule has 1 aromatic carbocycles. The summed E-state index contributed by atoms with van der Waals surface area (Å²) in [6.07, 6.45) is 0. The van der Waals surface area contributed by atoms with Crippen LogP contribution in [0.15, 0.2) is 27.4 Å². The quantitative estimate of drug-likeness (QED) is 0.757. The molecule has 0 aliphatic rings. The van der Waals surface area contributed by atoms with Gasteiger partial charge in [-0.25, -0.2) is 4.79 Å². The smallest absolute Gasteiger partial charge is 0.394 e. The highest BCUT2D eigenvalue weighted by atomic mass is 16.4. The predicted octanol–water partition coefficient (Wildman–Crippen LogP) is 1.43. The van der Waals surface area contributed by atoms with Gasteiger partial charge in [0, 0.05) is 5.56 Å². The average Bonchev–Trinajstić information content (AvgIpc) is 2.35. The highest BCUT2D eigenvalue weighted by molar-refractivity contribution is 6.37. The van der Waals surface area contributed by atoms with Crippen LogP contribution in [-0.2, 0) is 9.59 Å². The Morgan fingerprint density at radius 2 is 1.95 bits per heavy atom. The molecular formula is C13H11NO5. The molecule has 1 aromatic heterocycles. The molecule has 19 heavy (non-hydrogen) atoms. The van der Waals surface area contributed by atoms with Crippen molar-refractivity contribution in [3.63, 3.8) is 0 Å². The van der Waals surface area contributed by atoms with Gasteiger partial charge in [-0.3, -0.25) is 9.59 Å². The van der Waals surface area contributed by atoms with Crippen LogP contribution in [0.3, 0.4) is 0 Å². The third-order valence-corrected chi connectivity index (χ3v) is 2.83. The Bertz CT molecular complexity index is 745. The second kappa shape index (κ2) is 4.56. The Labute approximate surface area is 107 Å². The van der Waals surface area contributed by atoms with E-state index in [4.69, 9.17) is 9.52 Å². The van der Waals surface area contributed by atoms with Crippen LogP contribution in [0.25, 0.3) is 11.0 Å². The minimum atomic E-state index is -1.62. The first-order chi connectivity index (χ1) is 8.91. The summed E-state index contributed by atoms with van der Waals surface area (Å²) in [7, 11) is 0. The van der Waals surface area contributed by atoms with Crippen molar-refractivity contribution in [2.45, 2.75) is 13.8 Å². The maximum atomic E-state index is 12.2. The molecular weight excluding hydrogens is 250 g/mol. The van der Waals surface area contributed by atoms with Gasteiger partial charge in [0.25, 0.3) is 0 Å². The van der Waals surface area contributed by atoms with Crippen molar-refractivity contribution in [1.29, 1.82) is 0 Å². The predicted molar refractivity (Wildman–Crippen MR) is 68.2 cm³/mol. The van der Waals surface area contributed by atoms with Crippen molar-refractivity contribution >= 4 is 28.5 Å². The number of carbonyl (C=O) groups excluding carboxylic acids is 1. The van der Waals surface area contributed by atoms with Gasteiger partial charge in [0.05, 0.1) is 11.1 Å². The number of rotatable bonds is 1. The van der Waals surface area contributed by atoms with E-state index in [9.17, 15) is 14.4 Å². The van der Waals surface area contributed by atoms with E-state index in [-0.39, 0.29) is 16.5 Å². The molecule has 0 bridgehead atoms. The fourth-order valence-corrected chi connectivity index (χ4v) is 1.72. The maximum absolute atomic E-state index is 12.2. The van der Waals surface area contributed by atoms with Crippen LogP contribution in [0.4, 0.5) is 5.69 Å². The number of carboxylic acids is 1. The number of hydrogen-bond acceptors (Lipinski definition) is 4. The zero-order valence-electron chi connectivity index (χ0n) is 10.3. The van der Waals surface area contributed by atoms with Crippen molar-refractivity contribution in [3.8, 4) is 0 Å². The number of carbonyl (C=O) groups is 2. The lowest BCUT2D eigenvalue weighted by Gasteiger charge is -2.07. The van der Waals surface area contributed by atoms with Crippen LogP contribution in [0.2, 0.25) is 0 Å². The minimum Gasteiger partial charge on any atom is -0.474 e. The van der Waals surface area contributed by atoms with Crippen LogP contribution < -0.4 is 10.7 Å². The van der Waals surface area contributed by atoms with E-state index in [0.717, 1.165) is 0 Å². The SMILES string of the molecule is Cc1oc2cccc(NC(=O)C(=O)O)c2c(=O)c1C. The van der Waals surface area contributed by atoms with E-state index >= 15 is 0 Å². The summed E-state index contributed by atoms with van der Waals surface area (Å²) in [6.45, 7) is 3.27. The molecule has 0 spiro atoms. The van der Waals surface area contributed by atoms with Crippen molar-refractivity contribution < 1.29 is 19.1 Å². The van der Waals surface area contributed by atoms with Crippen LogP contribution in [0, 0.1) is 13.8 Å². The standard InChI is InChI=1S/C13H11NO5/c1-6-7(2)19-9-5-3-4-8(10(9)11(6)15)14-12(16)13(17)18/h3-5H,1-2H3,(H,14,16)(H,17,18). The van der Waals surface area contributed by atoms with Gasteiger partial charge in [-0.1, -0.05) is 6.07 Å². The molecule has 1 heterocycles. The average molecular weight is 261 g/mol. The van der Waals surface area contributed by atoms with Crippen molar-refractivity contribution in [1.82, 2.24) is 0 Å². The topological polar surface area (TPSA) is 96.6 Å². The van der Waals surface area contributed by atoms with Gasteiger partial charge >= 0.3 is 11.9 Å². The molecule has 2 aromatic rings. The number of nitrogens with one attached hydrogen (secondary N) is 1. The molecule has 0 atom stereocenters. The Morgan fingerprint density at radius 3 is 2.58 bits per heavy atom. The Kier molecular flexibility index (Phi) is 3.08. The summed E-state index contributed by atoms with van der Waals surface area (Å²) in [5, 5.41) is 10.9. The highest BCUT2D eigenvalue weighted by Gasteiger charge is 2.16. The first-order valence-electron chi connectivity index (χ1n) is 5.49. The normalized spacial score (nSPS) is 10.4. The zero-order chi connectivity index (χ0) is 14.2. The van der Waals surface area contributed by atoms with E-state index in [1.54, 1.807) is 26.0 Å². The second-order valence-corrected chi connectivity index (χ2v) is 4.05. The molecule has 0 fully saturated rings. The summed E-state index contributed by atoms with van der Waals surface area (Å²) < 4.78 is 5.46. The second-order valence-electron chi connectivity index (χ2n) is 4.05. The maximum Gasteiger partial charge on any atom is 0.394 e. The molecule has 0 unspecified atom stereocenters. The molecule has 2 N–H and O–H groups in total. The van der Waals surface area contributed by atoms with E-state index < -0.39 is 11.9 Å². The summed E-state index contributed by atoms with van der Waals surface area (Å²) in [5.74, 6) is -2.34. The number of aliphatic carboxylic acids is 1. The number of fused-ring (bicyclic) bond motifs is 1. The number of carboxylic acid groups (broad SMARTS) is 1. The summed E-state index contributed by atoms with van der Waals surface area (Å²) in [6, 6.07) is 4.60. The molecule has 0 radical (unpaired) electrons. The van der Waals surface area contributed by atoms with Gasteiger partial charge in [0.15, 0.2) is 5.43 Å². The molecule has 98 valence electrons. The monoisotopic (exact) mass is 261 g/mol. The first-order valence-corrected chi connectivity index (χ1v) is 5.49. The van der Waals surface area contributed by atoms with Gasteiger partial charge in [-0.2, -0.15) is 0 Å². The summed E-state index contributed by atoms with van der Waals surface area (Å²) >= 11 is 0. The Balaban J connectivity index is 2.70. The largest absolute Gasteiger partial charge is 0.474 e. The number of benzene rings is 1. The molecule has 2 rings (SSSR count). The fourth-order valence-electron chi connectivity index (χ4n) is 1.72. The third kappa shape index (κ3) is 2.20. The summed E-state index contributed by atoms with van der Waals surface area (Å²) in [4.78, 5) is 33.9. The van der Waals surface area contributed by atoms with E-state index in [0.29, 0.717) is 16.9 Å². The Morgan fingerprint density at radius 1 is 1.26 bits per heavy atom. The van der Waals surface area contributed by atoms with Gasteiger partial charge < -0.3 is 14.8 Å². The molecule has 6 heteroatoms. The molecule has 6 nitrogen and oxygen atoms in total. The lowest BCUT2D eigenvalue weighted by atomic mass is 10.1. The number of aryl methyl sites for hydroxylation is 1. The lowest BCUT2D eigenvalue weighted by Crippen LogP contribution is -2.23. The molecule has 0 aliphatic heterocycles. The third-order valence-electron chi connectivity index (χ3n) is 2.83. The van der Waals surface area contributed by atoms with Crippen LogP contribution in [0.1, 0.15) is 11.3 Å².